The van der Waals surface area contributed by atoms with Gasteiger partial charge in [0.25, 0.3) is 0 Å². The summed E-state index contributed by atoms with van der Waals surface area (Å²) in [7, 11) is -6.08. The van der Waals surface area contributed by atoms with Crippen LogP contribution in [-0.2, 0) is 17.7 Å². The molecule has 2 rings (SSSR count). The average molecular weight is 391 g/mol. The van der Waals surface area contributed by atoms with E-state index in [9.17, 15) is 0 Å². The molecule has 0 heterocycles. The van der Waals surface area contributed by atoms with Crippen molar-refractivity contribution in [1.29, 1.82) is 0 Å². The predicted octanol–water partition coefficient (Wildman–Crippen LogP) is 2.91. The molecular weight excluding hydrogens is 360 g/mol. The van der Waals surface area contributed by atoms with Crippen LogP contribution in [0.5, 0.6) is 0 Å². The summed E-state index contributed by atoms with van der Waals surface area (Å²) < 4.78 is 26.0. The molecule has 0 saturated heterocycles. The predicted molar refractivity (Wildman–Crippen MR) is 110 cm³/mol. The molecule has 0 aliphatic rings. The van der Waals surface area contributed by atoms with Gasteiger partial charge in [-0.3, -0.25) is 0 Å². The zero-order valence-electron chi connectivity index (χ0n) is 16.2. The van der Waals surface area contributed by atoms with Crippen molar-refractivity contribution in [3.8, 4) is 0 Å². The Hall–Kier alpha value is -1.29. The van der Waals surface area contributed by atoms with Gasteiger partial charge in [-0.2, -0.15) is 0 Å². The lowest BCUT2D eigenvalue weighted by molar-refractivity contribution is 0.160. The van der Waals surface area contributed by atoms with Crippen molar-refractivity contribution in [3.05, 3.63) is 60.7 Å². The minimum Gasteiger partial charge on any atom is -0.390 e. The Morgan fingerprint density at radius 3 is 1.00 bits per heavy atom. The van der Waals surface area contributed by atoms with Gasteiger partial charge in [-0.1, -0.05) is 60.7 Å². The molecule has 0 atom stereocenters. The molecule has 2 aromatic carbocycles. The van der Waals surface area contributed by atoms with Crippen LogP contribution >= 0.6 is 0 Å². The quantitative estimate of drug-likeness (QED) is 0.553. The summed E-state index contributed by atoms with van der Waals surface area (Å²) in [6, 6.07) is 20.4. The molecule has 6 heteroatoms. The SMILES string of the molecule is CCO[Si](OCC)(c1ccccc1)[Si](OCC)(OCC)c1ccccc1. The van der Waals surface area contributed by atoms with Gasteiger partial charge in [0.1, 0.15) is 0 Å². The van der Waals surface area contributed by atoms with Gasteiger partial charge >= 0.3 is 16.2 Å². The highest BCUT2D eigenvalue weighted by molar-refractivity contribution is 7.42. The standard InChI is InChI=1S/C20H30O4Si2/c1-5-21-25(22-6-2,19-15-11-9-12-16-19)26(23-7-3,24-8-4)20-17-13-10-14-18-20/h9-18H,5-8H2,1-4H3. The van der Waals surface area contributed by atoms with Crippen molar-refractivity contribution in [2.24, 2.45) is 0 Å². The molecule has 0 spiro atoms. The number of hydrogen-bond acceptors (Lipinski definition) is 4. The third kappa shape index (κ3) is 4.00. The van der Waals surface area contributed by atoms with Crippen molar-refractivity contribution in [2.45, 2.75) is 27.7 Å². The molecule has 0 N–H and O–H groups in total. The minimum absolute atomic E-state index is 0.544. The molecule has 142 valence electrons. The van der Waals surface area contributed by atoms with Crippen molar-refractivity contribution < 1.29 is 17.7 Å². The number of rotatable bonds is 11. The van der Waals surface area contributed by atoms with Crippen LogP contribution in [0, 0.1) is 0 Å². The minimum atomic E-state index is -3.04. The summed E-state index contributed by atoms with van der Waals surface area (Å²) in [5.74, 6) is 0. The summed E-state index contributed by atoms with van der Waals surface area (Å²) in [4.78, 5) is 0. The maximum absolute atomic E-state index is 6.51. The molecule has 0 saturated carbocycles. The molecule has 0 aromatic heterocycles. The molecule has 0 unspecified atom stereocenters. The first-order valence-corrected chi connectivity index (χ1v) is 14.0. The molecule has 0 amide bonds. The van der Waals surface area contributed by atoms with E-state index in [4.69, 9.17) is 17.7 Å². The monoisotopic (exact) mass is 390 g/mol. The van der Waals surface area contributed by atoms with Crippen LogP contribution in [0.3, 0.4) is 0 Å². The fraction of sp³-hybridized carbons (Fsp3) is 0.400. The van der Waals surface area contributed by atoms with Crippen LogP contribution in [0.2, 0.25) is 0 Å². The van der Waals surface area contributed by atoms with Crippen molar-refractivity contribution >= 4 is 26.5 Å². The second kappa shape index (κ2) is 10.2. The van der Waals surface area contributed by atoms with E-state index in [1.54, 1.807) is 0 Å². The number of hydrogen-bond donors (Lipinski definition) is 0. The second-order valence-corrected chi connectivity index (χ2v) is 14.4. The largest absolute Gasteiger partial charge is 0.423 e. The van der Waals surface area contributed by atoms with Gasteiger partial charge in [-0.15, -0.1) is 0 Å². The Balaban J connectivity index is 2.79. The highest BCUT2D eigenvalue weighted by Crippen LogP contribution is 2.25. The van der Waals surface area contributed by atoms with Crippen LogP contribution < -0.4 is 10.4 Å². The Bertz CT molecular complexity index is 567. The third-order valence-electron chi connectivity index (χ3n) is 4.13. The highest BCUT2D eigenvalue weighted by Gasteiger charge is 2.67. The lowest BCUT2D eigenvalue weighted by atomic mass is 10.4. The second-order valence-electron chi connectivity index (χ2n) is 5.70. The Morgan fingerprint density at radius 2 is 0.769 bits per heavy atom. The first-order valence-electron chi connectivity index (χ1n) is 9.37. The van der Waals surface area contributed by atoms with Crippen molar-refractivity contribution in [2.75, 3.05) is 26.4 Å². The molecule has 0 radical (unpaired) electrons. The number of benzene rings is 2. The first-order chi connectivity index (χ1) is 12.7. The maximum atomic E-state index is 6.51. The molecule has 4 nitrogen and oxygen atoms in total. The zero-order valence-corrected chi connectivity index (χ0v) is 18.2. The van der Waals surface area contributed by atoms with Gasteiger partial charge < -0.3 is 17.7 Å². The van der Waals surface area contributed by atoms with Crippen LogP contribution in [0.25, 0.3) is 0 Å². The van der Waals surface area contributed by atoms with Gasteiger partial charge in [0, 0.05) is 26.4 Å². The van der Waals surface area contributed by atoms with Crippen LogP contribution in [0.4, 0.5) is 0 Å². The van der Waals surface area contributed by atoms with E-state index in [1.165, 1.54) is 0 Å². The van der Waals surface area contributed by atoms with E-state index in [2.05, 4.69) is 24.3 Å². The molecule has 0 bridgehead atoms. The van der Waals surface area contributed by atoms with E-state index < -0.39 is 16.2 Å². The lowest BCUT2D eigenvalue weighted by Crippen LogP contribution is -2.81. The molecule has 0 aliphatic heterocycles. The van der Waals surface area contributed by atoms with Gasteiger partial charge in [-0.05, 0) is 38.1 Å². The molecule has 26 heavy (non-hydrogen) atoms. The zero-order chi connectivity index (χ0) is 18.9. The van der Waals surface area contributed by atoms with Crippen LogP contribution in [-0.4, -0.2) is 42.6 Å². The Morgan fingerprint density at radius 1 is 0.500 bits per heavy atom. The third-order valence-corrected chi connectivity index (χ3v) is 16.0. The van der Waals surface area contributed by atoms with E-state index in [-0.39, 0.29) is 0 Å². The molecule has 0 fully saturated rings. The molecule has 2 aromatic rings. The van der Waals surface area contributed by atoms with E-state index in [1.807, 2.05) is 64.1 Å². The summed E-state index contributed by atoms with van der Waals surface area (Å²) in [5, 5.41) is 2.11. The van der Waals surface area contributed by atoms with Gasteiger partial charge in [0.05, 0.1) is 0 Å². The van der Waals surface area contributed by atoms with E-state index in [0.717, 1.165) is 10.4 Å². The summed E-state index contributed by atoms with van der Waals surface area (Å²) in [6.07, 6.45) is 0. The van der Waals surface area contributed by atoms with Gasteiger partial charge in [-0.25, -0.2) is 0 Å². The van der Waals surface area contributed by atoms with E-state index in [0.29, 0.717) is 26.4 Å². The van der Waals surface area contributed by atoms with Crippen LogP contribution in [0.15, 0.2) is 60.7 Å². The van der Waals surface area contributed by atoms with Crippen molar-refractivity contribution in [1.82, 2.24) is 0 Å². The van der Waals surface area contributed by atoms with Gasteiger partial charge in [0.2, 0.25) is 0 Å². The molecular formula is C20H30O4Si2. The van der Waals surface area contributed by atoms with Gasteiger partial charge in [0.15, 0.2) is 0 Å². The summed E-state index contributed by atoms with van der Waals surface area (Å²) >= 11 is 0. The fourth-order valence-corrected chi connectivity index (χ4v) is 15.8. The Kier molecular flexibility index (Phi) is 8.21. The smallest absolute Gasteiger partial charge is 0.390 e. The normalized spacial score (nSPS) is 12.3. The van der Waals surface area contributed by atoms with Crippen LogP contribution in [0.1, 0.15) is 27.7 Å². The summed E-state index contributed by atoms with van der Waals surface area (Å²) in [6.45, 7) is 10.2. The van der Waals surface area contributed by atoms with Crippen molar-refractivity contribution in [3.63, 3.8) is 0 Å². The average Bonchev–Trinajstić information content (AvgIpc) is 2.69. The van der Waals surface area contributed by atoms with E-state index >= 15 is 0 Å². The fourth-order valence-electron chi connectivity index (χ4n) is 3.30. The highest BCUT2D eigenvalue weighted by atomic mass is 29.3. The molecule has 0 aliphatic carbocycles. The summed E-state index contributed by atoms with van der Waals surface area (Å²) in [5.41, 5.74) is 0. The topological polar surface area (TPSA) is 36.9 Å². The lowest BCUT2D eigenvalue weighted by Gasteiger charge is -2.43. The Labute approximate surface area is 159 Å². The first kappa shape index (κ1) is 21.0. The maximum Gasteiger partial charge on any atom is 0.423 e.